The molecule has 30 heavy (non-hydrogen) atoms. The molecule has 1 aromatic carbocycles. The molecule has 1 amide bonds. The molecule has 1 atom stereocenters. The van der Waals surface area contributed by atoms with Crippen molar-refractivity contribution in [3.05, 3.63) is 77.3 Å². The fraction of sp³-hybridized carbons (Fsp3) is 0.227. The molecule has 2 heterocycles. The van der Waals surface area contributed by atoms with Gasteiger partial charge < -0.3 is 14.5 Å². The van der Waals surface area contributed by atoms with Crippen molar-refractivity contribution in [1.29, 1.82) is 0 Å². The van der Waals surface area contributed by atoms with E-state index in [1.165, 1.54) is 6.20 Å². The zero-order valence-electron chi connectivity index (χ0n) is 16.6. The fourth-order valence-corrected chi connectivity index (χ4v) is 2.95. The quantitative estimate of drug-likeness (QED) is 0.428. The molecule has 0 saturated carbocycles. The van der Waals surface area contributed by atoms with Gasteiger partial charge >= 0.3 is 0 Å². The SMILES string of the molecule is COc1ccc(C(Cc2ccc(C(=O)NCc3ncc(C)o3)nc2)C(=O)C=O)cc1. The highest BCUT2D eigenvalue weighted by atomic mass is 16.5. The Balaban J connectivity index is 1.67. The van der Waals surface area contributed by atoms with E-state index in [-0.39, 0.29) is 24.6 Å². The Labute approximate surface area is 173 Å². The molecule has 0 radical (unpaired) electrons. The number of aryl methyl sites for hydroxylation is 1. The van der Waals surface area contributed by atoms with E-state index in [9.17, 15) is 14.4 Å². The predicted octanol–water partition coefficient (Wildman–Crippen LogP) is 2.41. The zero-order valence-corrected chi connectivity index (χ0v) is 16.6. The van der Waals surface area contributed by atoms with Crippen molar-refractivity contribution in [3.8, 4) is 5.75 Å². The van der Waals surface area contributed by atoms with Crippen molar-refractivity contribution in [2.24, 2.45) is 0 Å². The van der Waals surface area contributed by atoms with E-state index in [0.29, 0.717) is 29.3 Å². The summed E-state index contributed by atoms with van der Waals surface area (Å²) in [7, 11) is 1.55. The Hall–Kier alpha value is -3.81. The average molecular weight is 407 g/mol. The number of hydrogen-bond donors (Lipinski definition) is 1. The predicted molar refractivity (Wildman–Crippen MR) is 107 cm³/mol. The molecular weight excluding hydrogens is 386 g/mol. The number of methoxy groups -OCH3 is 1. The molecule has 154 valence electrons. The number of carbonyl (C=O) groups excluding carboxylic acids is 3. The molecular formula is C22H21N3O5. The third-order valence-electron chi connectivity index (χ3n) is 4.54. The van der Waals surface area contributed by atoms with Gasteiger partial charge in [0.2, 0.25) is 11.7 Å². The van der Waals surface area contributed by atoms with Crippen molar-refractivity contribution in [3.63, 3.8) is 0 Å². The Morgan fingerprint density at radius 2 is 1.90 bits per heavy atom. The summed E-state index contributed by atoms with van der Waals surface area (Å²) in [6, 6.07) is 10.3. The first-order valence-electron chi connectivity index (χ1n) is 9.27. The van der Waals surface area contributed by atoms with Crippen LogP contribution in [0.3, 0.4) is 0 Å². The van der Waals surface area contributed by atoms with E-state index in [1.807, 2.05) is 0 Å². The van der Waals surface area contributed by atoms with Gasteiger partial charge in [0, 0.05) is 6.20 Å². The second-order valence-electron chi connectivity index (χ2n) is 6.65. The molecule has 0 fully saturated rings. The first-order chi connectivity index (χ1) is 14.5. The minimum absolute atomic E-state index is 0.156. The minimum Gasteiger partial charge on any atom is -0.497 e. The molecule has 8 nitrogen and oxygen atoms in total. The fourth-order valence-electron chi connectivity index (χ4n) is 2.95. The van der Waals surface area contributed by atoms with E-state index >= 15 is 0 Å². The van der Waals surface area contributed by atoms with Crippen molar-refractivity contribution in [1.82, 2.24) is 15.3 Å². The van der Waals surface area contributed by atoms with Gasteiger partial charge in [-0.15, -0.1) is 0 Å². The van der Waals surface area contributed by atoms with Crippen LogP contribution in [0.5, 0.6) is 5.75 Å². The summed E-state index contributed by atoms with van der Waals surface area (Å²) in [4.78, 5) is 43.7. The lowest BCUT2D eigenvalue weighted by molar-refractivity contribution is -0.130. The normalized spacial score (nSPS) is 11.5. The van der Waals surface area contributed by atoms with Crippen molar-refractivity contribution < 1.29 is 23.5 Å². The number of nitrogens with one attached hydrogen (secondary N) is 1. The first kappa shape index (κ1) is 20.9. The van der Waals surface area contributed by atoms with Crippen LogP contribution in [0, 0.1) is 6.92 Å². The molecule has 2 aromatic heterocycles. The highest BCUT2D eigenvalue weighted by molar-refractivity contribution is 6.27. The number of hydrogen-bond acceptors (Lipinski definition) is 7. The number of ketones is 1. The molecule has 0 aliphatic rings. The van der Waals surface area contributed by atoms with Crippen molar-refractivity contribution in [2.75, 3.05) is 7.11 Å². The number of nitrogens with zero attached hydrogens (tertiary/aromatic N) is 2. The van der Waals surface area contributed by atoms with Crippen LogP contribution in [0.4, 0.5) is 0 Å². The van der Waals surface area contributed by atoms with Crippen LogP contribution in [0.2, 0.25) is 0 Å². The molecule has 3 aromatic rings. The summed E-state index contributed by atoms with van der Waals surface area (Å²) in [5, 5.41) is 2.68. The van der Waals surface area contributed by atoms with Crippen LogP contribution in [0.25, 0.3) is 0 Å². The molecule has 1 unspecified atom stereocenters. The third kappa shape index (κ3) is 5.16. The maximum absolute atomic E-state index is 12.2. The van der Waals surface area contributed by atoms with Gasteiger partial charge in [0.1, 0.15) is 17.2 Å². The molecule has 8 heteroatoms. The van der Waals surface area contributed by atoms with Gasteiger partial charge in [-0.25, -0.2) is 4.98 Å². The number of aldehydes is 1. The van der Waals surface area contributed by atoms with Gasteiger partial charge in [0.05, 0.1) is 25.8 Å². The maximum atomic E-state index is 12.2. The maximum Gasteiger partial charge on any atom is 0.270 e. The Bertz CT molecular complexity index is 1030. The number of amides is 1. The smallest absolute Gasteiger partial charge is 0.270 e. The van der Waals surface area contributed by atoms with Crippen LogP contribution in [0.15, 0.2) is 53.2 Å². The first-order valence-corrected chi connectivity index (χ1v) is 9.27. The van der Waals surface area contributed by atoms with E-state index < -0.39 is 11.7 Å². The van der Waals surface area contributed by atoms with Crippen molar-refractivity contribution >= 4 is 18.0 Å². The van der Waals surface area contributed by atoms with Gasteiger partial charge in [-0.05, 0) is 42.7 Å². The number of pyridine rings is 1. The molecule has 0 bridgehead atoms. The monoisotopic (exact) mass is 407 g/mol. The number of ether oxygens (including phenoxy) is 1. The summed E-state index contributed by atoms with van der Waals surface area (Å²) in [6.07, 6.45) is 3.72. The lowest BCUT2D eigenvalue weighted by Gasteiger charge is -2.14. The number of carbonyl (C=O) groups is 3. The van der Waals surface area contributed by atoms with Gasteiger partial charge in [-0.1, -0.05) is 18.2 Å². The van der Waals surface area contributed by atoms with E-state index in [1.54, 1.807) is 56.6 Å². The van der Waals surface area contributed by atoms with Crippen molar-refractivity contribution in [2.45, 2.75) is 25.8 Å². The van der Waals surface area contributed by atoms with E-state index in [2.05, 4.69) is 15.3 Å². The van der Waals surface area contributed by atoms with Crippen LogP contribution in [-0.2, 0) is 22.6 Å². The number of aromatic nitrogens is 2. The van der Waals surface area contributed by atoms with Gasteiger partial charge in [0.25, 0.3) is 5.91 Å². The van der Waals surface area contributed by atoms with Crippen LogP contribution < -0.4 is 10.1 Å². The second kappa shape index (κ2) is 9.60. The highest BCUT2D eigenvalue weighted by Gasteiger charge is 2.21. The molecule has 0 aliphatic heterocycles. The largest absolute Gasteiger partial charge is 0.497 e. The van der Waals surface area contributed by atoms with E-state index in [0.717, 1.165) is 5.56 Å². The third-order valence-corrected chi connectivity index (χ3v) is 4.54. The minimum atomic E-state index is -0.636. The summed E-state index contributed by atoms with van der Waals surface area (Å²) in [6.45, 7) is 1.93. The summed E-state index contributed by atoms with van der Waals surface area (Å²) < 4.78 is 10.4. The molecule has 1 N–H and O–H groups in total. The Morgan fingerprint density at radius 1 is 1.13 bits per heavy atom. The Kier molecular flexibility index (Phi) is 6.69. The molecule has 3 rings (SSSR count). The number of benzene rings is 1. The lowest BCUT2D eigenvalue weighted by Crippen LogP contribution is -2.24. The van der Waals surface area contributed by atoms with Crippen LogP contribution >= 0.6 is 0 Å². The number of rotatable bonds is 9. The summed E-state index contributed by atoms with van der Waals surface area (Å²) >= 11 is 0. The topological polar surface area (TPSA) is 111 Å². The average Bonchev–Trinajstić information content (AvgIpc) is 3.21. The number of Topliss-reactive ketones (excluding diaryl/α,β-unsaturated/α-hetero) is 1. The van der Waals surface area contributed by atoms with Gasteiger partial charge in [-0.2, -0.15) is 0 Å². The van der Waals surface area contributed by atoms with Gasteiger partial charge in [0.15, 0.2) is 6.29 Å². The summed E-state index contributed by atoms with van der Waals surface area (Å²) in [5.41, 5.74) is 1.66. The van der Waals surface area contributed by atoms with Crippen LogP contribution in [-0.4, -0.2) is 35.1 Å². The molecule has 0 saturated heterocycles. The lowest BCUT2D eigenvalue weighted by atomic mass is 9.89. The van der Waals surface area contributed by atoms with E-state index in [4.69, 9.17) is 9.15 Å². The second-order valence-corrected chi connectivity index (χ2v) is 6.65. The van der Waals surface area contributed by atoms with Crippen LogP contribution in [0.1, 0.15) is 39.2 Å². The molecule has 0 spiro atoms. The highest BCUT2D eigenvalue weighted by Crippen LogP contribution is 2.24. The number of oxazole rings is 1. The zero-order chi connectivity index (χ0) is 21.5. The van der Waals surface area contributed by atoms with Gasteiger partial charge in [-0.3, -0.25) is 19.4 Å². The Morgan fingerprint density at radius 3 is 2.47 bits per heavy atom. The molecule has 0 aliphatic carbocycles. The standard InChI is InChI=1S/C22H21N3O5/c1-14-10-24-21(30-14)12-25-22(28)19-8-3-15(11-23-19)9-18(20(27)13-26)16-4-6-17(29-2)7-5-16/h3-8,10-11,13,18H,9,12H2,1-2H3,(H,25,28). The summed E-state index contributed by atoms with van der Waals surface area (Å²) in [5.74, 6) is 0.206.